The van der Waals surface area contributed by atoms with E-state index in [-0.39, 0.29) is 17.1 Å². The van der Waals surface area contributed by atoms with Crippen LogP contribution in [0.5, 0.6) is 0 Å². The number of sulfonamides is 1. The Hall–Kier alpha value is -0.920. The second-order valence-electron chi connectivity index (χ2n) is 4.28. The summed E-state index contributed by atoms with van der Waals surface area (Å²) in [4.78, 5) is 6.74. The first-order chi connectivity index (χ1) is 7.85. The Kier molecular flexibility index (Phi) is 4.67. The Balaban J connectivity index is 2.74. The van der Waals surface area contributed by atoms with Crippen LogP contribution >= 0.6 is 0 Å². The highest BCUT2D eigenvalue weighted by Crippen LogP contribution is 2.08. The van der Waals surface area contributed by atoms with Crippen LogP contribution in [0.2, 0.25) is 0 Å². The number of nitrogens with two attached hydrogens (primary N) is 1. The predicted molar refractivity (Wildman–Crippen MR) is 66.0 cm³/mol. The molecule has 98 valence electrons. The lowest BCUT2D eigenvalue weighted by Crippen LogP contribution is -2.36. The van der Waals surface area contributed by atoms with Crippen LogP contribution in [-0.4, -0.2) is 30.5 Å². The molecule has 0 saturated heterocycles. The number of H-pyrrole nitrogens is 1. The van der Waals surface area contributed by atoms with Crippen LogP contribution < -0.4 is 10.5 Å². The quantitative estimate of drug-likeness (QED) is 0.688. The highest BCUT2D eigenvalue weighted by Gasteiger charge is 2.20. The molecule has 6 nitrogen and oxygen atoms in total. The number of aromatic nitrogens is 2. The third-order valence-electron chi connectivity index (χ3n) is 2.31. The van der Waals surface area contributed by atoms with Crippen molar-refractivity contribution in [3.63, 3.8) is 0 Å². The normalized spacial score (nSPS) is 15.8. The summed E-state index contributed by atoms with van der Waals surface area (Å²) in [5.74, 6) is 0.658. The van der Waals surface area contributed by atoms with E-state index in [0.717, 1.165) is 0 Å². The smallest absolute Gasteiger partial charge is 0.257 e. The topological polar surface area (TPSA) is 101 Å². The summed E-state index contributed by atoms with van der Waals surface area (Å²) in [5, 5.41) is 0.103. The first-order valence-corrected chi connectivity index (χ1v) is 7.15. The van der Waals surface area contributed by atoms with Crippen molar-refractivity contribution in [1.29, 1.82) is 0 Å². The van der Waals surface area contributed by atoms with E-state index in [0.29, 0.717) is 18.7 Å². The monoisotopic (exact) mass is 260 g/mol. The molecule has 0 amide bonds. The van der Waals surface area contributed by atoms with Crippen molar-refractivity contribution in [2.75, 3.05) is 0 Å². The van der Waals surface area contributed by atoms with Crippen LogP contribution in [0.15, 0.2) is 11.2 Å². The van der Waals surface area contributed by atoms with Gasteiger partial charge in [-0.05, 0) is 20.3 Å². The van der Waals surface area contributed by atoms with Gasteiger partial charge in [0, 0.05) is 18.5 Å². The maximum atomic E-state index is 11.9. The number of hydrogen-bond acceptors (Lipinski definition) is 4. The van der Waals surface area contributed by atoms with Crippen LogP contribution in [0.3, 0.4) is 0 Å². The highest BCUT2D eigenvalue weighted by atomic mass is 32.2. The van der Waals surface area contributed by atoms with Crippen LogP contribution in [0.4, 0.5) is 0 Å². The lowest BCUT2D eigenvalue weighted by atomic mass is 10.1. The highest BCUT2D eigenvalue weighted by molar-refractivity contribution is 7.89. The third kappa shape index (κ3) is 4.10. The van der Waals surface area contributed by atoms with E-state index >= 15 is 0 Å². The number of imidazole rings is 1. The molecule has 0 aromatic carbocycles. The number of hydrogen-bond donors (Lipinski definition) is 3. The fourth-order valence-electron chi connectivity index (χ4n) is 1.59. The number of rotatable bonds is 6. The van der Waals surface area contributed by atoms with Crippen LogP contribution in [0, 0.1) is 0 Å². The predicted octanol–water partition coefficient (Wildman–Crippen LogP) is 0.376. The van der Waals surface area contributed by atoms with Crippen molar-refractivity contribution in [2.45, 2.75) is 50.7 Å². The number of aromatic amines is 1. The SMILES string of the molecule is CCc1ncc(S(=O)(=O)NC(C)CC(C)N)[nH]1. The standard InChI is InChI=1S/C10H20N4O2S/c1-4-9-12-6-10(13-9)17(15,16)14-8(3)5-7(2)11/h6-8,14H,4-5,11H2,1-3H3,(H,12,13). The van der Waals surface area contributed by atoms with E-state index in [2.05, 4.69) is 14.7 Å². The van der Waals surface area contributed by atoms with Gasteiger partial charge in [0.1, 0.15) is 5.82 Å². The zero-order valence-electron chi connectivity index (χ0n) is 10.4. The first-order valence-electron chi connectivity index (χ1n) is 5.67. The molecule has 0 aliphatic carbocycles. The van der Waals surface area contributed by atoms with Gasteiger partial charge in [-0.1, -0.05) is 6.92 Å². The minimum atomic E-state index is -3.52. The van der Waals surface area contributed by atoms with Gasteiger partial charge in [-0.2, -0.15) is 0 Å². The average molecular weight is 260 g/mol. The molecular weight excluding hydrogens is 240 g/mol. The van der Waals surface area contributed by atoms with E-state index < -0.39 is 10.0 Å². The fourth-order valence-corrected chi connectivity index (χ4v) is 2.79. The van der Waals surface area contributed by atoms with Gasteiger partial charge in [-0.15, -0.1) is 0 Å². The van der Waals surface area contributed by atoms with Crippen LogP contribution in [0.25, 0.3) is 0 Å². The Morgan fingerprint density at radius 1 is 1.53 bits per heavy atom. The lowest BCUT2D eigenvalue weighted by molar-refractivity contribution is 0.517. The maximum absolute atomic E-state index is 11.9. The van der Waals surface area contributed by atoms with Crippen molar-refractivity contribution in [3.05, 3.63) is 12.0 Å². The molecule has 1 rings (SSSR count). The van der Waals surface area contributed by atoms with E-state index in [1.165, 1.54) is 6.20 Å². The number of aryl methyl sites for hydroxylation is 1. The van der Waals surface area contributed by atoms with Crippen LogP contribution in [-0.2, 0) is 16.4 Å². The molecule has 17 heavy (non-hydrogen) atoms. The van der Waals surface area contributed by atoms with Crippen molar-refractivity contribution >= 4 is 10.0 Å². The van der Waals surface area contributed by atoms with E-state index in [1.54, 1.807) is 6.92 Å². The molecule has 0 fully saturated rings. The molecule has 0 radical (unpaired) electrons. The van der Waals surface area contributed by atoms with Gasteiger partial charge < -0.3 is 10.7 Å². The molecule has 4 N–H and O–H groups in total. The van der Waals surface area contributed by atoms with E-state index in [9.17, 15) is 8.42 Å². The molecule has 1 aromatic rings. The molecule has 1 aromatic heterocycles. The van der Waals surface area contributed by atoms with E-state index in [1.807, 2.05) is 13.8 Å². The molecule has 7 heteroatoms. The summed E-state index contributed by atoms with van der Waals surface area (Å²) in [6.07, 6.45) is 2.60. The largest absolute Gasteiger partial charge is 0.332 e. The summed E-state index contributed by atoms with van der Waals surface area (Å²) in [6.45, 7) is 5.54. The third-order valence-corrected chi connectivity index (χ3v) is 3.81. The minimum Gasteiger partial charge on any atom is -0.332 e. The van der Waals surface area contributed by atoms with Gasteiger partial charge in [0.2, 0.25) is 0 Å². The maximum Gasteiger partial charge on any atom is 0.257 e. The number of nitrogens with zero attached hydrogens (tertiary/aromatic N) is 1. The molecule has 0 aliphatic rings. The van der Waals surface area contributed by atoms with Gasteiger partial charge in [0.25, 0.3) is 10.0 Å². The zero-order valence-corrected chi connectivity index (χ0v) is 11.2. The summed E-state index contributed by atoms with van der Waals surface area (Å²) in [6, 6.07) is -0.242. The molecule has 2 atom stereocenters. The summed E-state index contributed by atoms with van der Waals surface area (Å²) in [5.41, 5.74) is 5.62. The first kappa shape index (κ1) is 14.1. The summed E-state index contributed by atoms with van der Waals surface area (Å²) < 4.78 is 26.4. The van der Waals surface area contributed by atoms with Crippen molar-refractivity contribution in [1.82, 2.24) is 14.7 Å². The van der Waals surface area contributed by atoms with Crippen molar-refractivity contribution < 1.29 is 8.42 Å². The Morgan fingerprint density at radius 3 is 2.65 bits per heavy atom. The van der Waals surface area contributed by atoms with Crippen molar-refractivity contribution in [3.8, 4) is 0 Å². The second kappa shape index (κ2) is 5.61. The zero-order chi connectivity index (χ0) is 13.1. The molecule has 0 aliphatic heterocycles. The number of nitrogens with one attached hydrogen (secondary N) is 2. The van der Waals surface area contributed by atoms with Gasteiger partial charge in [-0.3, -0.25) is 0 Å². The van der Waals surface area contributed by atoms with E-state index in [4.69, 9.17) is 5.73 Å². The average Bonchev–Trinajstić information content (AvgIpc) is 2.63. The summed E-state index contributed by atoms with van der Waals surface area (Å²) in [7, 11) is -3.52. The Bertz CT molecular complexity index is 453. The Morgan fingerprint density at radius 2 is 2.18 bits per heavy atom. The summed E-state index contributed by atoms with van der Waals surface area (Å²) >= 11 is 0. The van der Waals surface area contributed by atoms with Gasteiger partial charge in [0.05, 0.1) is 6.20 Å². The van der Waals surface area contributed by atoms with Gasteiger partial charge >= 0.3 is 0 Å². The van der Waals surface area contributed by atoms with Crippen LogP contribution in [0.1, 0.15) is 33.0 Å². The van der Waals surface area contributed by atoms with Gasteiger partial charge in [0.15, 0.2) is 5.03 Å². The molecular formula is C10H20N4O2S. The lowest BCUT2D eigenvalue weighted by Gasteiger charge is -2.15. The second-order valence-corrected chi connectivity index (χ2v) is 5.97. The van der Waals surface area contributed by atoms with Crippen molar-refractivity contribution in [2.24, 2.45) is 5.73 Å². The molecule has 0 saturated carbocycles. The molecule has 0 bridgehead atoms. The molecule has 0 spiro atoms. The van der Waals surface area contributed by atoms with Gasteiger partial charge in [-0.25, -0.2) is 18.1 Å². The molecule has 2 unspecified atom stereocenters. The fraction of sp³-hybridized carbons (Fsp3) is 0.700. The Labute approximate surface area is 102 Å². The molecule has 1 heterocycles. The minimum absolute atomic E-state index is 0.0410.